The Morgan fingerprint density at radius 3 is 2.36 bits per heavy atom. The molecule has 0 heterocycles. The molecular weight excluding hydrogens is 516 g/mol. The Balaban J connectivity index is 1.27. The lowest BCUT2D eigenvalue weighted by atomic mass is 9.32. The molecular formula is C39H56O3. The van der Waals surface area contributed by atoms with Crippen LogP contribution in [0.15, 0.2) is 48.6 Å². The predicted molar refractivity (Wildman–Crippen MR) is 171 cm³/mol. The van der Waals surface area contributed by atoms with Crippen molar-refractivity contribution < 1.29 is 14.6 Å². The number of ether oxygens (including phenoxy) is 1. The fourth-order valence-corrected chi connectivity index (χ4v) is 12.5. The van der Waals surface area contributed by atoms with Crippen LogP contribution < -0.4 is 0 Å². The molecule has 0 aromatic heterocycles. The van der Waals surface area contributed by atoms with E-state index in [9.17, 15) is 9.90 Å². The Labute approximate surface area is 255 Å². The normalized spacial score (nSPS) is 45.8. The highest BCUT2D eigenvalue weighted by atomic mass is 16.5. The summed E-state index contributed by atoms with van der Waals surface area (Å²) in [7, 11) is 0. The number of aliphatic hydroxyl groups excluding tert-OH is 1. The molecule has 0 saturated heterocycles. The van der Waals surface area contributed by atoms with Crippen LogP contribution in [0, 0.1) is 56.7 Å². The zero-order valence-corrected chi connectivity index (χ0v) is 27.3. The number of hydrogen-bond donors (Lipinski definition) is 1. The summed E-state index contributed by atoms with van der Waals surface area (Å²) in [6, 6.07) is 9.99. The third-order valence-corrected chi connectivity index (χ3v) is 14.9. The molecule has 10 unspecified atom stereocenters. The smallest absolute Gasteiger partial charge is 0.330 e. The van der Waals surface area contributed by atoms with Gasteiger partial charge in [0.15, 0.2) is 0 Å². The molecule has 5 saturated carbocycles. The molecule has 3 nitrogen and oxygen atoms in total. The second-order valence-electron chi connectivity index (χ2n) is 16.8. The van der Waals surface area contributed by atoms with E-state index in [1.54, 1.807) is 6.08 Å². The molecule has 42 heavy (non-hydrogen) atoms. The Morgan fingerprint density at radius 2 is 1.64 bits per heavy atom. The van der Waals surface area contributed by atoms with E-state index < -0.39 is 0 Å². The van der Waals surface area contributed by atoms with Crippen molar-refractivity contribution in [1.82, 2.24) is 0 Å². The highest BCUT2D eigenvalue weighted by molar-refractivity contribution is 5.87. The fraction of sp³-hybridized carbons (Fsp3) is 0.718. The van der Waals surface area contributed by atoms with Gasteiger partial charge in [-0.15, -0.1) is 0 Å². The van der Waals surface area contributed by atoms with Crippen molar-refractivity contribution in [3.05, 3.63) is 54.1 Å². The van der Waals surface area contributed by atoms with Crippen molar-refractivity contribution in [2.45, 2.75) is 112 Å². The fourth-order valence-electron chi connectivity index (χ4n) is 12.5. The number of esters is 1. The van der Waals surface area contributed by atoms with E-state index in [2.05, 4.69) is 48.1 Å². The number of hydrogen-bond acceptors (Lipinski definition) is 3. The minimum absolute atomic E-state index is 0.0108. The van der Waals surface area contributed by atoms with E-state index in [1.807, 2.05) is 36.4 Å². The van der Waals surface area contributed by atoms with Crippen LogP contribution in [0.1, 0.15) is 111 Å². The molecule has 5 aliphatic carbocycles. The average Bonchev–Trinajstić information content (AvgIpc) is 3.34. The summed E-state index contributed by atoms with van der Waals surface area (Å²) in [6.45, 7) is 20.0. The van der Waals surface area contributed by atoms with Crippen LogP contribution in [0.4, 0.5) is 0 Å². The average molecular weight is 573 g/mol. The second kappa shape index (κ2) is 10.4. The first kappa shape index (κ1) is 30.2. The van der Waals surface area contributed by atoms with Gasteiger partial charge in [-0.2, -0.15) is 0 Å². The number of aliphatic hydroxyl groups is 1. The molecule has 6 rings (SSSR count). The van der Waals surface area contributed by atoms with Crippen LogP contribution >= 0.6 is 0 Å². The molecule has 10 atom stereocenters. The number of carbonyl (C=O) groups is 1. The topological polar surface area (TPSA) is 46.5 Å². The van der Waals surface area contributed by atoms with Crippen molar-refractivity contribution >= 4 is 12.0 Å². The SMILES string of the molecule is C=C(C)C1CCC2(COC(=O)/C=C/c3ccccc3)CCC3(C)C(CCC4C5(C)CCC(O)C(C)(C)C5CCC43C)C12. The van der Waals surface area contributed by atoms with E-state index in [0.29, 0.717) is 47.0 Å². The van der Waals surface area contributed by atoms with E-state index in [4.69, 9.17) is 4.74 Å². The molecule has 0 amide bonds. The van der Waals surface area contributed by atoms with Gasteiger partial charge < -0.3 is 9.84 Å². The summed E-state index contributed by atoms with van der Waals surface area (Å²) in [4.78, 5) is 12.9. The number of fused-ring (bicyclic) bond motifs is 7. The van der Waals surface area contributed by atoms with Crippen LogP contribution in [0.5, 0.6) is 0 Å². The summed E-state index contributed by atoms with van der Waals surface area (Å²) in [5.41, 5.74) is 3.26. The van der Waals surface area contributed by atoms with Gasteiger partial charge in [-0.05, 0) is 134 Å². The summed E-state index contributed by atoms with van der Waals surface area (Å²) in [6.07, 6.45) is 15.2. The first-order valence-corrected chi connectivity index (χ1v) is 17.0. The molecule has 1 aromatic carbocycles. The summed E-state index contributed by atoms with van der Waals surface area (Å²) in [5, 5.41) is 11.0. The van der Waals surface area contributed by atoms with Crippen LogP contribution in [-0.4, -0.2) is 23.8 Å². The number of allylic oxidation sites excluding steroid dienone is 1. The molecule has 0 bridgehead atoms. The molecule has 0 aliphatic heterocycles. The Hall–Kier alpha value is -1.87. The molecule has 230 valence electrons. The van der Waals surface area contributed by atoms with E-state index in [0.717, 1.165) is 31.2 Å². The molecule has 0 spiro atoms. The maximum absolute atomic E-state index is 12.9. The summed E-state index contributed by atoms with van der Waals surface area (Å²) < 4.78 is 6.12. The van der Waals surface area contributed by atoms with Crippen LogP contribution in [0.2, 0.25) is 0 Å². The van der Waals surface area contributed by atoms with Crippen LogP contribution in [0.3, 0.4) is 0 Å². The zero-order valence-electron chi connectivity index (χ0n) is 27.3. The maximum atomic E-state index is 12.9. The number of rotatable bonds is 5. The van der Waals surface area contributed by atoms with Crippen molar-refractivity contribution in [1.29, 1.82) is 0 Å². The summed E-state index contributed by atoms with van der Waals surface area (Å²) in [5.74, 6) is 2.76. The largest absolute Gasteiger partial charge is 0.462 e. The lowest BCUT2D eigenvalue weighted by Crippen LogP contribution is -2.66. The Morgan fingerprint density at radius 1 is 0.905 bits per heavy atom. The van der Waals surface area contributed by atoms with Crippen LogP contribution in [-0.2, 0) is 9.53 Å². The van der Waals surface area contributed by atoms with Gasteiger partial charge in [0.25, 0.3) is 0 Å². The minimum Gasteiger partial charge on any atom is -0.462 e. The lowest BCUT2D eigenvalue weighted by Gasteiger charge is -2.73. The number of carbonyl (C=O) groups excluding carboxylic acids is 1. The Bertz CT molecular complexity index is 1230. The van der Waals surface area contributed by atoms with Crippen molar-refractivity contribution in [2.24, 2.45) is 56.7 Å². The lowest BCUT2D eigenvalue weighted by molar-refractivity contribution is -0.249. The van der Waals surface area contributed by atoms with Gasteiger partial charge >= 0.3 is 5.97 Å². The first-order valence-electron chi connectivity index (χ1n) is 17.0. The van der Waals surface area contributed by atoms with E-state index in [1.165, 1.54) is 44.1 Å². The van der Waals surface area contributed by atoms with Gasteiger partial charge in [0, 0.05) is 11.5 Å². The highest BCUT2D eigenvalue weighted by Crippen LogP contribution is 2.77. The third-order valence-electron chi connectivity index (χ3n) is 14.9. The molecule has 1 N–H and O–H groups in total. The predicted octanol–water partition coefficient (Wildman–Crippen LogP) is 9.26. The van der Waals surface area contributed by atoms with Gasteiger partial charge in [-0.3, -0.25) is 0 Å². The first-order chi connectivity index (χ1) is 19.8. The van der Waals surface area contributed by atoms with Crippen molar-refractivity contribution in [3.63, 3.8) is 0 Å². The van der Waals surface area contributed by atoms with Gasteiger partial charge in [0.2, 0.25) is 0 Å². The standard InChI is InChI=1S/C39H56O3/c1-26(2)28-17-22-39(25-42-33(41)16-13-27-11-9-8-10-12-27)24-23-37(6)29(34(28)39)14-15-31-36(5)20-19-32(40)35(3,4)30(36)18-21-38(31,37)7/h8-13,16,28-32,34,40H,1,14-15,17-25H2,2-7H3/b16-13+. The zero-order chi connectivity index (χ0) is 30.1. The summed E-state index contributed by atoms with van der Waals surface area (Å²) >= 11 is 0. The maximum Gasteiger partial charge on any atom is 0.330 e. The minimum atomic E-state index is -0.219. The monoisotopic (exact) mass is 572 g/mol. The van der Waals surface area contributed by atoms with Gasteiger partial charge in [-0.1, -0.05) is 77.1 Å². The molecule has 5 fully saturated rings. The highest BCUT2D eigenvalue weighted by Gasteiger charge is 2.70. The van der Waals surface area contributed by atoms with Gasteiger partial charge in [0.1, 0.15) is 0 Å². The van der Waals surface area contributed by atoms with Crippen LogP contribution in [0.25, 0.3) is 6.08 Å². The molecule has 0 radical (unpaired) electrons. The Kier molecular flexibility index (Phi) is 7.44. The molecule has 5 aliphatic rings. The van der Waals surface area contributed by atoms with E-state index in [-0.39, 0.29) is 28.3 Å². The number of benzene rings is 1. The van der Waals surface area contributed by atoms with Gasteiger partial charge in [0.05, 0.1) is 12.7 Å². The van der Waals surface area contributed by atoms with Crippen molar-refractivity contribution in [2.75, 3.05) is 6.61 Å². The molecule has 3 heteroatoms. The van der Waals surface area contributed by atoms with Crippen molar-refractivity contribution in [3.8, 4) is 0 Å². The third kappa shape index (κ3) is 4.33. The van der Waals surface area contributed by atoms with Gasteiger partial charge in [-0.25, -0.2) is 4.79 Å². The second-order valence-corrected chi connectivity index (χ2v) is 16.8. The van der Waals surface area contributed by atoms with E-state index >= 15 is 0 Å². The molecule has 1 aromatic rings. The quantitative estimate of drug-likeness (QED) is 0.217.